The number of nitrogens with zero attached hydrogens (tertiary/aromatic N) is 1. The molecule has 0 bridgehead atoms. The molecule has 0 aliphatic heterocycles. The van der Waals surface area contributed by atoms with Gasteiger partial charge in [0.25, 0.3) is 0 Å². The molecular formula is C22H34N4O. The van der Waals surface area contributed by atoms with E-state index in [-0.39, 0.29) is 0 Å². The summed E-state index contributed by atoms with van der Waals surface area (Å²) >= 11 is 0. The maximum Gasteiger partial charge on any atom is 0.191 e. The van der Waals surface area contributed by atoms with Crippen molar-refractivity contribution in [2.75, 3.05) is 33.9 Å². The van der Waals surface area contributed by atoms with Crippen molar-refractivity contribution in [1.82, 2.24) is 15.6 Å². The van der Waals surface area contributed by atoms with Crippen LogP contribution in [-0.4, -0.2) is 44.8 Å². The lowest BCUT2D eigenvalue weighted by Gasteiger charge is -2.30. The van der Waals surface area contributed by atoms with Gasteiger partial charge in [-0.15, -0.1) is 0 Å². The van der Waals surface area contributed by atoms with Crippen LogP contribution in [0.1, 0.15) is 43.2 Å². The standard InChI is InChI=1S/C22H34N4O/c1-17-7-6-8-19-18(15-25-20(17)19)9-13-24-21(23-2)26-16-22(12-14-27-3)10-4-5-11-22/h6-8,15,25H,4-5,9-14,16H2,1-3H3,(H2,23,24,26). The highest BCUT2D eigenvalue weighted by atomic mass is 16.5. The third-order valence-corrected chi connectivity index (χ3v) is 6.05. The van der Waals surface area contributed by atoms with Gasteiger partial charge >= 0.3 is 0 Å². The number of hydrogen-bond donors (Lipinski definition) is 3. The molecule has 3 rings (SSSR count). The molecule has 1 aliphatic carbocycles. The van der Waals surface area contributed by atoms with Gasteiger partial charge in [-0.05, 0) is 49.1 Å². The lowest BCUT2D eigenvalue weighted by molar-refractivity contribution is 0.138. The van der Waals surface area contributed by atoms with Gasteiger partial charge in [0.15, 0.2) is 5.96 Å². The van der Waals surface area contributed by atoms with Gasteiger partial charge in [0.2, 0.25) is 0 Å². The van der Waals surface area contributed by atoms with Crippen LogP contribution < -0.4 is 10.6 Å². The summed E-state index contributed by atoms with van der Waals surface area (Å²) < 4.78 is 5.34. The molecule has 1 saturated carbocycles. The minimum absolute atomic E-state index is 0.363. The number of aromatic amines is 1. The molecular weight excluding hydrogens is 336 g/mol. The van der Waals surface area contributed by atoms with Crippen LogP contribution in [0.5, 0.6) is 0 Å². The molecule has 5 nitrogen and oxygen atoms in total. The zero-order chi connectivity index (χ0) is 19.1. The Hall–Kier alpha value is -2.01. The molecule has 1 fully saturated rings. The SMILES string of the molecule is CN=C(NCCc1c[nH]c2c(C)cccc12)NCC1(CCOC)CCCC1. The number of aryl methyl sites for hydroxylation is 1. The largest absolute Gasteiger partial charge is 0.385 e. The predicted octanol–water partition coefficient (Wildman–Crippen LogP) is 3.78. The molecule has 5 heteroatoms. The Morgan fingerprint density at radius 2 is 2.07 bits per heavy atom. The van der Waals surface area contributed by atoms with E-state index in [1.54, 1.807) is 7.11 Å². The van der Waals surface area contributed by atoms with E-state index in [1.165, 1.54) is 47.7 Å². The van der Waals surface area contributed by atoms with Gasteiger partial charge in [0.05, 0.1) is 0 Å². The van der Waals surface area contributed by atoms with Crippen LogP contribution in [-0.2, 0) is 11.2 Å². The minimum Gasteiger partial charge on any atom is -0.385 e. The Bertz CT molecular complexity index is 759. The maximum absolute atomic E-state index is 5.34. The Morgan fingerprint density at radius 1 is 1.26 bits per heavy atom. The lowest BCUT2D eigenvalue weighted by Crippen LogP contribution is -2.43. The molecule has 3 N–H and O–H groups in total. The summed E-state index contributed by atoms with van der Waals surface area (Å²) in [5.74, 6) is 0.898. The molecule has 1 aliphatic rings. The number of H-pyrrole nitrogens is 1. The second-order valence-electron chi connectivity index (χ2n) is 7.86. The van der Waals surface area contributed by atoms with Gasteiger partial charge in [-0.1, -0.05) is 31.0 Å². The summed E-state index contributed by atoms with van der Waals surface area (Å²) in [6, 6.07) is 6.47. The predicted molar refractivity (Wildman–Crippen MR) is 113 cm³/mol. The van der Waals surface area contributed by atoms with Crippen LogP contribution in [0.2, 0.25) is 0 Å². The smallest absolute Gasteiger partial charge is 0.191 e. The zero-order valence-corrected chi connectivity index (χ0v) is 17.0. The van der Waals surface area contributed by atoms with E-state index in [4.69, 9.17) is 4.74 Å². The van der Waals surface area contributed by atoms with Gasteiger partial charge in [-0.2, -0.15) is 0 Å². The first kappa shape index (κ1) is 19.7. The minimum atomic E-state index is 0.363. The molecule has 0 atom stereocenters. The molecule has 0 amide bonds. The average molecular weight is 371 g/mol. The van der Waals surface area contributed by atoms with Crippen molar-refractivity contribution in [3.63, 3.8) is 0 Å². The number of rotatable bonds is 8. The first-order valence-corrected chi connectivity index (χ1v) is 10.2. The van der Waals surface area contributed by atoms with E-state index in [0.29, 0.717) is 5.41 Å². The average Bonchev–Trinajstić information content (AvgIpc) is 3.31. The van der Waals surface area contributed by atoms with Crippen molar-refractivity contribution in [2.24, 2.45) is 10.4 Å². The van der Waals surface area contributed by atoms with Crippen LogP contribution in [0.15, 0.2) is 29.4 Å². The molecule has 27 heavy (non-hydrogen) atoms. The number of methoxy groups -OCH3 is 1. The van der Waals surface area contributed by atoms with Crippen LogP contribution in [0.25, 0.3) is 10.9 Å². The van der Waals surface area contributed by atoms with Gasteiger partial charge < -0.3 is 20.4 Å². The van der Waals surface area contributed by atoms with Crippen molar-refractivity contribution in [3.05, 3.63) is 35.5 Å². The van der Waals surface area contributed by atoms with Crippen molar-refractivity contribution in [2.45, 2.75) is 45.4 Å². The highest BCUT2D eigenvalue weighted by Crippen LogP contribution is 2.40. The molecule has 0 saturated heterocycles. The zero-order valence-electron chi connectivity index (χ0n) is 17.0. The summed E-state index contributed by atoms with van der Waals surface area (Å²) in [5, 5.41) is 8.36. The molecule has 148 valence electrons. The van der Waals surface area contributed by atoms with E-state index in [0.717, 1.165) is 38.5 Å². The highest BCUT2D eigenvalue weighted by Gasteiger charge is 2.33. The van der Waals surface area contributed by atoms with Crippen molar-refractivity contribution in [3.8, 4) is 0 Å². The Morgan fingerprint density at radius 3 is 2.81 bits per heavy atom. The quantitative estimate of drug-likeness (QED) is 0.489. The first-order valence-electron chi connectivity index (χ1n) is 10.2. The number of aromatic nitrogens is 1. The molecule has 0 radical (unpaired) electrons. The summed E-state index contributed by atoms with van der Waals surface area (Å²) in [7, 11) is 3.64. The number of para-hydroxylation sites is 1. The number of fused-ring (bicyclic) bond motifs is 1. The van der Waals surface area contributed by atoms with Crippen LogP contribution >= 0.6 is 0 Å². The highest BCUT2D eigenvalue weighted by molar-refractivity contribution is 5.86. The molecule has 1 aromatic carbocycles. The summed E-state index contributed by atoms with van der Waals surface area (Å²) in [6.07, 6.45) is 9.47. The number of aliphatic imine (C=N–C) groups is 1. The number of benzene rings is 1. The fourth-order valence-electron chi connectivity index (χ4n) is 4.34. The van der Waals surface area contributed by atoms with E-state index in [1.807, 2.05) is 7.05 Å². The van der Waals surface area contributed by atoms with E-state index >= 15 is 0 Å². The third kappa shape index (κ3) is 4.83. The fourth-order valence-corrected chi connectivity index (χ4v) is 4.34. The summed E-state index contributed by atoms with van der Waals surface area (Å²) in [4.78, 5) is 7.82. The van der Waals surface area contributed by atoms with Crippen LogP contribution in [0.3, 0.4) is 0 Å². The van der Waals surface area contributed by atoms with Crippen LogP contribution in [0, 0.1) is 12.3 Å². The lowest BCUT2D eigenvalue weighted by atomic mass is 9.83. The number of nitrogens with one attached hydrogen (secondary N) is 3. The number of hydrogen-bond acceptors (Lipinski definition) is 2. The van der Waals surface area contributed by atoms with Gasteiger partial charge in [-0.25, -0.2) is 0 Å². The van der Waals surface area contributed by atoms with E-state index in [9.17, 15) is 0 Å². The third-order valence-electron chi connectivity index (χ3n) is 6.05. The normalized spacial score (nSPS) is 16.8. The van der Waals surface area contributed by atoms with E-state index in [2.05, 4.69) is 51.9 Å². The first-order chi connectivity index (χ1) is 13.2. The molecule has 2 aromatic rings. The van der Waals surface area contributed by atoms with Gasteiger partial charge in [0, 0.05) is 51.0 Å². The molecule has 0 unspecified atom stereocenters. The van der Waals surface area contributed by atoms with E-state index < -0.39 is 0 Å². The van der Waals surface area contributed by atoms with Crippen molar-refractivity contribution >= 4 is 16.9 Å². The molecule has 1 aromatic heterocycles. The second kappa shape index (κ2) is 9.27. The van der Waals surface area contributed by atoms with Gasteiger partial charge in [0.1, 0.15) is 0 Å². The summed E-state index contributed by atoms with van der Waals surface area (Å²) in [5.41, 5.74) is 4.25. The Labute approximate surface area is 163 Å². The number of ether oxygens (including phenoxy) is 1. The maximum atomic E-state index is 5.34. The monoisotopic (exact) mass is 370 g/mol. The topological polar surface area (TPSA) is 61.4 Å². The second-order valence-corrected chi connectivity index (χ2v) is 7.86. The molecule has 1 heterocycles. The Balaban J connectivity index is 1.51. The van der Waals surface area contributed by atoms with Crippen molar-refractivity contribution in [1.29, 1.82) is 0 Å². The Kier molecular flexibility index (Phi) is 6.78. The van der Waals surface area contributed by atoms with Crippen molar-refractivity contribution < 1.29 is 4.74 Å². The fraction of sp³-hybridized carbons (Fsp3) is 0.591. The summed E-state index contributed by atoms with van der Waals surface area (Å²) in [6.45, 7) is 4.83. The van der Waals surface area contributed by atoms with Crippen LogP contribution in [0.4, 0.5) is 0 Å². The number of guanidine groups is 1. The van der Waals surface area contributed by atoms with Gasteiger partial charge in [-0.3, -0.25) is 4.99 Å². The molecule has 0 spiro atoms.